The highest BCUT2D eigenvalue weighted by atomic mass is 16.3. The average Bonchev–Trinajstić information content (AvgIpc) is 2.02. The van der Waals surface area contributed by atoms with Gasteiger partial charge in [0.25, 0.3) is 0 Å². The van der Waals surface area contributed by atoms with Crippen molar-refractivity contribution in [3.63, 3.8) is 0 Å². The Kier molecular flexibility index (Phi) is 5.18. The van der Waals surface area contributed by atoms with Crippen LogP contribution in [0.3, 0.4) is 0 Å². The third-order valence-electron chi connectivity index (χ3n) is 2.30. The standard InChI is InChI=1S/C10H21NO2/c1-5-10(3,8-12)7-11(4)6-9(2)13/h8-9,13H,5-7H2,1-4H3. The zero-order valence-corrected chi connectivity index (χ0v) is 9.08. The van der Waals surface area contributed by atoms with Crippen molar-refractivity contribution in [2.75, 3.05) is 20.1 Å². The van der Waals surface area contributed by atoms with Crippen LogP contribution in [0, 0.1) is 5.41 Å². The number of rotatable bonds is 6. The van der Waals surface area contributed by atoms with Crippen LogP contribution < -0.4 is 0 Å². The van der Waals surface area contributed by atoms with Crippen LogP contribution in [0.4, 0.5) is 0 Å². The van der Waals surface area contributed by atoms with Crippen LogP contribution in [-0.4, -0.2) is 42.5 Å². The molecule has 0 saturated carbocycles. The van der Waals surface area contributed by atoms with Crippen molar-refractivity contribution in [3.8, 4) is 0 Å². The molecule has 0 spiro atoms. The van der Waals surface area contributed by atoms with E-state index in [-0.39, 0.29) is 11.5 Å². The molecule has 3 nitrogen and oxygen atoms in total. The van der Waals surface area contributed by atoms with E-state index in [9.17, 15) is 4.79 Å². The molecule has 2 unspecified atom stereocenters. The second-order valence-corrected chi connectivity index (χ2v) is 4.17. The Morgan fingerprint density at radius 1 is 1.62 bits per heavy atom. The number of likely N-dealkylation sites (N-methyl/N-ethyl adjacent to an activating group) is 1. The maximum absolute atomic E-state index is 10.8. The van der Waals surface area contributed by atoms with E-state index in [0.717, 1.165) is 12.7 Å². The molecular formula is C10H21NO2. The fourth-order valence-electron chi connectivity index (χ4n) is 1.36. The molecule has 1 N–H and O–H groups in total. The zero-order valence-electron chi connectivity index (χ0n) is 9.08. The summed E-state index contributed by atoms with van der Waals surface area (Å²) in [6.45, 7) is 7.02. The lowest BCUT2D eigenvalue weighted by Gasteiger charge is -2.28. The summed E-state index contributed by atoms with van der Waals surface area (Å²) in [6, 6.07) is 0. The predicted molar refractivity (Wildman–Crippen MR) is 53.6 cm³/mol. The second-order valence-electron chi connectivity index (χ2n) is 4.17. The summed E-state index contributed by atoms with van der Waals surface area (Å²) in [4.78, 5) is 12.8. The molecule has 0 aliphatic carbocycles. The molecule has 0 aliphatic heterocycles. The van der Waals surface area contributed by atoms with Crippen molar-refractivity contribution in [3.05, 3.63) is 0 Å². The Morgan fingerprint density at radius 3 is 2.46 bits per heavy atom. The van der Waals surface area contributed by atoms with Crippen LogP contribution in [0.25, 0.3) is 0 Å². The van der Waals surface area contributed by atoms with E-state index in [1.165, 1.54) is 0 Å². The highest BCUT2D eigenvalue weighted by Crippen LogP contribution is 2.18. The van der Waals surface area contributed by atoms with Crippen molar-refractivity contribution in [1.29, 1.82) is 0 Å². The monoisotopic (exact) mass is 187 g/mol. The van der Waals surface area contributed by atoms with E-state index in [2.05, 4.69) is 0 Å². The Hall–Kier alpha value is -0.410. The van der Waals surface area contributed by atoms with Crippen molar-refractivity contribution in [2.45, 2.75) is 33.3 Å². The second kappa shape index (κ2) is 5.35. The molecule has 3 heteroatoms. The third-order valence-corrected chi connectivity index (χ3v) is 2.30. The molecule has 78 valence electrons. The van der Waals surface area contributed by atoms with Gasteiger partial charge in [0.2, 0.25) is 0 Å². The maximum atomic E-state index is 10.8. The fourth-order valence-corrected chi connectivity index (χ4v) is 1.36. The number of hydrogen-bond acceptors (Lipinski definition) is 3. The smallest absolute Gasteiger partial charge is 0.127 e. The normalized spacial score (nSPS) is 18.3. The number of aliphatic hydroxyl groups excluding tert-OH is 1. The minimum absolute atomic E-state index is 0.274. The van der Waals surface area contributed by atoms with Crippen molar-refractivity contribution >= 4 is 6.29 Å². The highest BCUT2D eigenvalue weighted by Gasteiger charge is 2.23. The molecule has 0 aromatic carbocycles. The minimum atomic E-state index is -0.335. The van der Waals surface area contributed by atoms with Gasteiger partial charge in [-0.15, -0.1) is 0 Å². The van der Waals surface area contributed by atoms with Gasteiger partial charge < -0.3 is 14.8 Å². The van der Waals surface area contributed by atoms with Crippen LogP contribution >= 0.6 is 0 Å². The fraction of sp³-hybridized carbons (Fsp3) is 0.900. The lowest BCUT2D eigenvalue weighted by atomic mass is 9.89. The molecule has 2 atom stereocenters. The van der Waals surface area contributed by atoms with Gasteiger partial charge in [-0.1, -0.05) is 13.8 Å². The minimum Gasteiger partial charge on any atom is -0.392 e. The molecule has 0 rings (SSSR count). The van der Waals surface area contributed by atoms with Gasteiger partial charge in [-0.2, -0.15) is 0 Å². The van der Waals surface area contributed by atoms with Gasteiger partial charge in [0, 0.05) is 18.5 Å². The quantitative estimate of drug-likeness (QED) is 0.628. The average molecular weight is 187 g/mol. The predicted octanol–water partition coefficient (Wildman–Crippen LogP) is 0.914. The van der Waals surface area contributed by atoms with Gasteiger partial charge in [0.15, 0.2) is 0 Å². The number of carbonyl (C=O) groups is 1. The lowest BCUT2D eigenvalue weighted by Crippen LogP contribution is -2.37. The first kappa shape index (κ1) is 12.6. The summed E-state index contributed by atoms with van der Waals surface area (Å²) < 4.78 is 0. The summed E-state index contributed by atoms with van der Waals surface area (Å²) in [6.07, 6.45) is 1.50. The Balaban J connectivity index is 4.01. The SMILES string of the molecule is CCC(C)(C=O)CN(C)CC(C)O. The van der Waals surface area contributed by atoms with Crippen LogP contribution in [0.2, 0.25) is 0 Å². The van der Waals surface area contributed by atoms with E-state index in [4.69, 9.17) is 5.11 Å². The molecular weight excluding hydrogens is 166 g/mol. The van der Waals surface area contributed by atoms with Crippen LogP contribution in [0.15, 0.2) is 0 Å². The van der Waals surface area contributed by atoms with Gasteiger partial charge in [0.1, 0.15) is 6.29 Å². The van der Waals surface area contributed by atoms with Gasteiger partial charge in [0.05, 0.1) is 6.10 Å². The van der Waals surface area contributed by atoms with Gasteiger partial charge in [-0.25, -0.2) is 0 Å². The van der Waals surface area contributed by atoms with E-state index in [1.54, 1.807) is 6.92 Å². The first-order valence-electron chi connectivity index (χ1n) is 4.76. The molecule has 0 aromatic rings. The van der Waals surface area contributed by atoms with Crippen molar-refractivity contribution in [2.24, 2.45) is 5.41 Å². The van der Waals surface area contributed by atoms with E-state index < -0.39 is 0 Å². The molecule has 0 saturated heterocycles. The summed E-state index contributed by atoms with van der Waals surface area (Å²) in [5, 5.41) is 9.14. The molecule has 13 heavy (non-hydrogen) atoms. The zero-order chi connectivity index (χ0) is 10.5. The number of carbonyl (C=O) groups excluding carboxylic acids is 1. The maximum Gasteiger partial charge on any atom is 0.127 e. The van der Waals surface area contributed by atoms with Crippen LogP contribution in [-0.2, 0) is 4.79 Å². The van der Waals surface area contributed by atoms with Crippen LogP contribution in [0.1, 0.15) is 27.2 Å². The van der Waals surface area contributed by atoms with Crippen molar-refractivity contribution < 1.29 is 9.90 Å². The number of hydrogen-bond donors (Lipinski definition) is 1. The Morgan fingerprint density at radius 2 is 2.15 bits per heavy atom. The summed E-state index contributed by atoms with van der Waals surface area (Å²) in [7, 11) is 1.92. The lowest BCUT2D eigenvalue weighted by molar-refractivity contribution is -0.116. The number of aldehydes is 1. The molecule has 0 aliphatic rings. The summed E-state index contributed by atoms with van der Waals surface area (Å²) in [5.41, 5.74) is -0.274. The number of nitrogens with zero attached hydrogens (tertiary/aromatic N) is 1. The van der Waals surface area contributed by atoms with E-state index in [1.807, 2.05) is 25.8 Å². The Labute approximate surface area is 80.7 Å². The first-order valence-corrected chi connectivity index (χ1v) is 4.76. The van der Waals surface area contributed by atoms with Gasteiger partial charge in [-0.3, -0.25) is 0 Å². The third kappa shape index (κ3) is 5.01. The topological polar surface area (TPSA) is 40.5 Å². The molecule has 0 bridgehead atoms. The molecule has 0 fully saturated rings. The first-order chi connectivity index (χ1) is 5.93. The van der Waals surface area contributed by atoms with Gasteiger partial charge >= 0.3 is 0 Å². The molecule has 0 radical (unpaired) electrons. The number of aliphatic hydroxyl groups is 1. The molecule has 0 heterocycles. The highest BCUT2D eigenvalue weighted by molar-refractivity contribution is 5.58. The summed E-state index contributed by atoms with van der Waals surface area (Å²) >= 11 is 0. The summed E-state index contributed by atoms with van der Waals surface area (Å²) in [5.74, 6) is 0. The largest absolute Gasteiger partial charge is 0.392 e. The van der Waals surface area contributed by atoms with E-state index in [0.29, 0.717) is 13.1 Å². The van der Waals surface area contributed by atoms with Crippen molar-refractivity contribution in [1.82, 2.24) is 4.90 Å². The van der Waals surface area contributed by atoms with Gasteiger partial charge in [-0.05, 0) is 20.4 Å². The Bertz CT molecular complexity index is 159. The molecule has 0 amide bonds. The van der Waals surface area contributed by atoms with E-state index >= 15 is 0 Å². The molecule has 0 aromatic heterocycles. The van der Waals surface area contributed by atoms with Crippen LogP contribution in [0.5, 0.6) is 0 Å².